The first-order valence-electron chi connectivity index (χ1n) is 9.85. The highest BCUT2D eigenvalue weighted by Gasteiger charge is 2.22. The number of hydrogen-bond donors (Lipinski definition) is 1. The Labute approximate surface area is 169 Å². The number of carbonyl (C=O) groups excluding carboxylic acids is 1. The number of nitrogens with zero attached hydrogens (tertiary/aromatic N) is 2. The van der Waals surface area contributed by atoms with Gasteiger partial charge < -0.3 is 14.6 Å². The first-order chi connectivity index (χ1) is 14.2. The van der Waals surface area contributed by atoms with Crippen molar-refractivity contribution in [2.75, 3.05) is 20.2 Å². The van der Waals surface area contributed by atoms with Crippen LogP contribution in [0.25, 0.3) is 10.8 Å². The van der Waals surface area contributed by atoms with Crippen LogP contribution in [0.5, 0.6) is 17.2 Å². The second kappa shape index (κ2) is 8.49. The van der Waals surface area contributed by atoms with Gasteiger partial charge in [-0.05, 0) is 56.3 Å². The van der Waals surface area contributed by atoms with Crippen molar-refractivity contribution in [2.45, 2.75) is 25.8 Å². The van der Waals surface area contributed by atoms with Crippen LogP contribution in [0.1, 0.15) is 35.4 Å². The van der Waals surface area contributed by atoms with Crippen LogP contribution in [0.15, 0.2) is 48.5 Å². The molecule has 0 bridgehead atoms. The third-order valence-corrected chi connectivity index (χ3v) is 5.21. The van der Waals surface area contributed by atoms with E-state index in [1.54, 1.807) is 12.1 Å². The van der Waals surface area contributed by atoms with Gasteiger partial charge in [0.05, 0.1) is 12.8 Å². The summed E-state index contributed by atoms with van der Waals surface area (Å²) in [5.74, 6) is 0.567. The minimum absolute atomic E-state index is 0.0521. The fourth-order valence-corrected chi connectivity index (χ4v) is 3.72. The van der Waals surface area contributed by atoms with Crippen molar-refractivity contribution >= 4 is 16.7 Å². The second-order valence-electron chi connectivity index (χ2n) is 7.21. The first kappa shape index (κ1) is 19.2. The predicted octanol–water partition coefficient (Wildman–Crippen LogP) is 4.51. The van der Waals surface area contributed by atoms with Gasteiger partial charge in [-0.15, -0.1) is 0 Å². The van der Waals surface area contributed by atoms with Crippen LogP contribution in [0.4, 0.5) is 0 Å². The molecular formula is C23H24N2O4. The molecule has 150 valence electrons. The maximum atomic E-state index is 12.1. The molecular weight excluding hydrogens is 368 g/mol. The fourth-order valence-electron chi connectivity index (χ4n) is 3.72. The van der Waals surface area contributed by atoms with Gasteiger partial charge in [-0.3, -0.25) is 4.90 Å². The molecule has 3 aromatic rings. The minimum atomic E-state index is -0.645. The quantitative estimate of drug-likeness (QED) is 0.645. The van der Waals surface area contributed by atoms with Crippen molar-refractivity contribution in [2.24, 2.45) is 0 Å². The number of aromatic nitrogens is 1. The van der Waals surface area contributed by atoms with Gasteiger partial charge in [0, 0.05) is 17.3 Å². The monoisotopic (exact) mass is 392 g/mol. The largest absolute Gasteiger partial charge is 0.505 e. The number of piperidine rings is 1. The number of aromatic hydroxyl groups is 1. The number of esters is 1. The first-order valence-corrected chi connectivity index (χ1v) is 9.85. The van der Waals surface area contributed by atoms with E-state index in [9.17, 15) is 9.90 Å². The van der Waals surface area contributed by atoms with Crippen molar-refractivity contribution in [1.29, 1.82) is 0 Å². The topological polar surface area (TPSA) is 71.9 Å². The molecule has 1 aromatic heterocycles. The highest BCUT2D eigenvalue weighted by molar-refractivity contribution is 6.00. The third kappa shape index (κ3) is 4.17. The number of pyridine rings is 1. The highest BCUT2D eigenvalue weighted by Crippen LogP contribution is 2.34. The molecule has 0 saturated carbocycles. The summed E-state index contributed by atoms with van der Waals surface area (Å²) in [5.41, 5.74) is 0.683. The third-order valence-electron chi connectivity index (χ3n) is 5.21. The Morgan fingerprint density at radius 3 is 2.52 bits per heavy atom. The number of benzene rings is 2. The molecule has 0 aliphatic carbocycles. The van der Waals surface area contributed by atoms with Gasteiger partial charge in [-0.25, -0.2) is 9.78 Å². The highest BCUT2D eigenvalue weighted by atomic mass is 16.5. The van der Waals surface area contributed by atoms with E-state index in [2.05, 4.69) is 9.88 Å². The van der Waals surface area contributed by atoms with Crippen LogP contribution in [-0.4, -0.2) is 41.2 Å². The standard InChI is InChI=1S/C23H24N2O4/c1-28-23(27)21-22(26)18-11-10-17(29-16-8-4-2-5-9-16)14-19(18)20(24-21)15-25-12-6-3-7-13-25/h2,4-5,8-11,14,26H,3,6-7,12-13,15H2,1H3. The number of para-hydroxylation sites is 1. The van der Waals surface area contributed by atoms with E-state index in [4.69, 9.17) is 9.47 Å². The number of rotatable bonds is 5. The number of fused-ring (bicyclic) bond motifs is 1. The lowest BCUT2D eigenvalue weighted by Gasteiger charge is -2.26. The molecule has 6 nitrogen and oxygen atoms in total. The van der Waals surface area contributed by atoms with E-state index in [0.29, 0.717) is 17.7 Å². The maximum absolute atomic E-state index is 12.1. The van der Waals surface area contributed by atoms with Gasteiger partial charge in [0.2, 0.25) is 0 Å². The summed E-state index contributed by atoms with van der Waals surface area (Å²) in [7, 11) is 1.29. The van der Waals surface area contributed by atoms with Gasteiger partial charge in [0.15, 0.2) is 11.4 Å². The summed E-state index contributed by atoms with van der Waals surface area (Å²) in [5, 5.41) is 12.0. The lowest BCUT2D eigenvalue weighted by molar-refractivity contribution is 0.0590. The van der Waals surface area contributed by atoms with E-state index in [1.165, 1.54) is 13.5 Å². The molecule has 4 rings (SSSR count). The zero-order valence-electron chi connectivity index (χ0n) is 16.4. The molecule has 0 unspecified atom stereocenters. The van der Waals surface area contributed by atoms with Crippen LogP contribution in [0, 0.1) is 0 Å². The number of likely N-dealkylation sites (tertiary alicyclic amines) is 1. The average molecular weight is 392 g/mol. The summed E-state index contributed by atoms with van der Waals surface area (Å²) in [6.07, 6.45) is 3.55. The lowest BCUT2D eigenvalue weighted by atomic mass is 10.0. The summed E-state index contributed by atoms with van der Waals surface area (Å²) in [4.78, 5) is 19.0. The van der Waals surface area contributed by atoms with E-state index < -0.39 is 5.97 Å². The average Bonchev–Trinajstić information content (AvgIpc) is 2.76. The summed E-state index contributed by atoms with van der Waals surface area (Å²) in [6, 6.07) is 14.9. The van der Waals surface area contributed by atoms with Crippen molar-refractivity contribution < 1.29 is 19.4 Å². The van der Waals surface area contributed by atoms with E-state index in [-0.39, 0.29) is 11.4 Å². The molecule has 2 aromatic carbocycles. The maximum Gasteiger partial charge on any atom is 0.360 e. The van der Waals surface area contributed by atoms with Gasteiger partial charge in [-0.1, -0.05) is 24.6 Å². The summed E-state index contributed by atoms with van der Waals surface area (Å²) in [6.45, 7) is 2.60. The molecule has 0 radical (unpaired) electrons. The Bertz CT molecular complexity index is 1010. The van der Waals surface area contributed by atoms with Gasteiger partial charge in [-0.2, -0.15) is 0 Å². The lowest BCUT2D eigenvalue weighted by Crippen LogP contribution is -2.29. The normalized spacial score (nSPS) is 14.7. The Kier molecular flexibility index (Phi) is 5.62. The predicted molar refractivity (Wildman–Crippen MR) is 110 cm³/mol. The van der Waals surface area contributed by atoms with Crippen LogP contribution in [-0.2, 0) is 11.3 Å². The molecule has 1 aliphatic heterocycles. The summed E-state index contributed by atoms with van der Waals surface area (Å²) >= 11 is 0. The van der Waals surface area contributed by atoms with Crippen molar-refractivity contribution in [3.8, 4) is 17.2 Å². The van der Waals surface area contributed by atoms with Crippen molar-refractivity contribution in [1.82, 2.24) is 9.88 Å². The van der Waals surface area contributed by atoms with Crippen LogP contribution >= 0.6 is 0 Å². The van der Waals surface area contributed by atoms with E-state index in [0.717, 1.165) is 42.8 Å². The van der Waals surface area contributed by atoms with Crippen molar-refractivity contribution in [3.63, 3.8) is 0 Å². The number of hydrogen-bond acceptors (Lipinski definition) is 6. The second-order valence-corrected chi connectivity index (χ2v) is 7.21. The molecule has 2 heterocycles. The summed E-state index contributed by atoms with van der Waals surface area (Å²) < 4.78 is 10.8. The number of ether oxygens (including phenoxy) is 2. The Morgan fingerprint density at radius 1 is 1.03 bits per heavy atom. The van der Waals surface area contributed by atoms with Gasteiger partial charge >= 0.3 is 5.97 Å². The van der Waals surface area contributed by atoms with Crippen LogP contribution < -0.4 is 4.74 Å². The molecule has 1 aliphatic rings. The van der Waals surface area contributed by atoms with E-state index >= 15 is 0 Å². The van der Waals surface area contributed by atoms with E-state index in [1.807, 2.05) is 36.4 Å². The van der Waals surface area contributed by atoms with Crippen LogP contribution in [0.3, 0.4) is 0 Å². The zero-order valence-corrected chi connectivity index (χ0v) is 16.4. The molecule has 0 atom stereocenters. The Balaban J connectivity index is 1.77. The smallest absolute Gasteiger partial charge is 0.360 e. The fraction of sp³-hybridized carbons (Fsp3) is 0.304. The van der Waals surface area contributed by atoms with Crippen LogP contribution in [0.2, 0.25) is 0 Å². The SMILES string of the molecule is COC(=O)c1nc(CN2CCCCC2)c2cc(Oc3ccccc3)ccc2c1O. The molecule has 6 heteroatoms. The number of carbonyl (C=O) groups is 1. The molecule has 29 heavy (non-hydrogen) atoms. The molecule has 1 saturated heterocycles. The minimum Gasteiger partial charge on any atom is -0.505 e. The molecule has 0 amide bonds. The van der Waals surface area contributed by atoms with Gasteiger partial charge in [0.25, 0.3) is 0 Å². The Morgan fingerprint density at radius 2 is 1.79 bits per heavy atom. The zero-order chi connectivity index (χ0) is 20.2. The van der Waals surface area contributed by atoms with Gasteiger partial charge in [0.1, 0.15) is 11.5 Å². The number of methoxy groups -OCH3 is 1. The molecule has 1 fully saturated rings. The van der Waals surface area contributed by atoms with Crippen molar-refractivity contribution in [3.05, 3.63) is 59.9 Å². The Hall–Kier alpha value is -3.12. The molecule has 1 N–H and O–H groups in total. The molecule has 0 spiro atoms.